The summed E-state index contributed by atoms with van der Waals surface area (Å²) in [6.07, 6.45) is -6.09. The Labute approximate surface area is 256 Å². The zero-order valence-corrected chi connectivity index (χ0v) is 26.1. The fourth-order valence-corrected chi connectivity index (χ4v) is 6.11. The van der Waals surface area contributed by atoms with Crippen LogP contribution in [0.1, 0.15) is 43.1 Å². The number of amides is 1. The van der Waals surface area contributed by atoms with E-state index >= 15 is 0 Å². The van der Waals surface area contributed by atoms with Crippen molar-refractivity contribution < 1.29 is 44.2 Å². The summed E-state index contributed by atoms with van der Waals surface area (Å²) in [5.74, 6) is -0.131. The highest BCUT2D eigenvalue weighted by Gasteiger charge is 2.44. The summed E-state index contributed by atoms with van der Waals surface area (Å²) in [7, 11) is 0. The summed E-state index contributed by atoms with van der Waals surface area (Å²) < 4.78 is 15.8. The minimum Gasteiger partial charge on any atom is -0.462 e. The number of aryl methyl sites for hydroxylation is 1. The van der Waals surface area contributed by atoms with Crippen LogP contribution in [0.5, 0.6) is 0 Å². The van der Waals surface area contributed by atoms with Crippen LogP contribution in [-0.4, -0.2) is 122 Å². The number of thioether (sulfide) groups is 1. The Morgan fingerprint density at radius 1 is 1.12 bits per heavy atom. The van der Waals surface area contributed by atoms with Crippen LogP contribution in [0.3, 0.4) is 0 Å². The zero-order chi connectivity index (χ0) is 30.6. The molecule has 6 atom stereocenters. The van der Waals surface area contributed by atoms with Crippen LogP contribution in [0.15, 0.2) is 24.3 Å². The quantitative estimate of drug-likeness (QED) is 0.0698. The second kappa shape index (κ2) is 17.6. The number of carbonyl (C=O) groups excluding carboxylic acids is 2. The third-order valence-electron chi connectivity index (χ3n) is 6.72. The number of aliphatic hydroxyl groups is 4. The Bertz CT molecular complexity index is 981. The molecule has 1 aromatic carbocycles. The first-order valence-electron chi connectivity index (χ1n) is 13.6. The second-order valence-electron chi connectivity index (χ2n) is 9.65. The van der Waals surface area contributed by atoms with Gasteiger partial charge in [-0.05, 0) is 51.3 Å². The number of carbonyl (C=O) groups is 2. The van der Waals surface area contributed by atoms with E-state index in [2.05, 4.69) is 17.9 Å². The number of esters is 1. The van der Waals surface area contributed by atoms with Crippen molar-refractivity contribution in [1.82, 2.24) is 10.2 Å². The highest BCUT2D eigenvalue weighted by molar-refractivity contribution is 8.24. The van der Waals surface area contributed by atoms with Gasteiger partial charge in [-0.3, -0.25) is 9.59 Å². The summed E-state index contributed by atoms with van der Waals surface area (Å²) in [6, 6.07) is 7.18. The number of benzene rings is 1. The van der Waals surface area contributed by atoms with Crippen LogP contribution in [0.25, 0.3) is 0 Å². The number of hydrogen-bond donors (Lipinski definition) is 6. The first-order chi connectivity index (χ1) is 19.5. The van der Waals surface area contributed by atoms with Crippen LogP contribution >= 0.6 is 36.6 Å². The van der Waals surface area contributed by atoms with E-state index in [4.69, 9.17) is 26.4 Å². The summed E-state index contributed by atoms with van der Waals surface area (Å²) in [5.41, 5.74) is 1.48. The molecule has 0 aromatic heterocycles. The van der Waals surface area contributed by atoms with Crippen molar-refractivity contribution in [2.45, 2.75) is 69.1 Å². The van der Waals surface area contributed by atoms with Crippen molar-refractivity contribution >= 4 is 52.8 Å². The lowest BCUT2D eigenvalue weighted by molar-refractivity contribution is -0.302. The van der Waals surface area contributed by atoms with Crippen molar-refractivity contribution in [2.75, 3.05) is 45.2 Å². The number of thiocarbonyl (C=S) groups is 1. The van der Waals surface area contributed by atoms with Crippen LogP contribution in [0.4, 0.5) is 0 Å². The average Bonchev–Trinajstić information content (AvgIpc) is 2.97. The van der Waals surface area contributed by atoms with Gasteiger partial charge in [-0.15, -0.1) is 0 Å². The van der Waals surface area contributed by atoms with E-state index in [-0.39, 0.29) is 19.1 Å². The largest absolute Gasteiger partial charge is 0.462 e. The standard InChI is InChI=1S/C27H42N2O9S3/c1-4-29(5-2)26(40)41-27(3,11-10-17-6-8-18(9-7-17)23(34)28-12-15-39)25(35)37-14-13-36-24-22(33)21(32)20(31)19(16-30)38-24/h6-9,19-22,24,30-33,39H,4-5,10-16H2,1-3H3,(H,28,34)/t19-,20-,21+,22-,24?,27?/m1/s1. The average molecular weight is 635 g/mol. The van der Waals surface area contributed by atoms with Gasteiger partial charge in [0.2, 0.25) is 0 Å². The fraction of sp³-hybridized carbons (Fsp3) is 0.667. The highest BCUT2D eigenvalue weighted by Crippen LogP contribution is 2.34. The lowest BCUT2D eigenvalue weighted by Crippen LogP contribution is -2.59. The van der Waals surface area contributed by atoms with Gasteiger partial charge in [0.25, 0.3) is 5.91 Å². The van der Waals surface area contributed by atoms with E-state index in [1.165, 1.54) is 11.8 Å². The van der Waals surface area contributed by atoms with Gasteiger partial charge in [0, 0.05) is 31.0 Å². The van der Waals surface area contributed by atoms with Crippen LogP contribution in [0, 0.1) is 0 Å². The molecular formula is C27H42N2O9S3. The Hall–Kier alpha value is -1.49. The first kappa shape index (κ1) is 35.7. The number of rotatable bonds is 15. The zero-order valence-electron chi connectivity index (χ0n) is 23.6. The summed E-state index contributed by atoms with van der Waals surface area (Å²) in [5, 5.41) is 42.0. The molecule has 1 heterocycles. The molecule has 1 aliphatic rings. The molecule has 2 unspecified atom stereocenters. The van der Waals surface area contributed by atoms with E-state index < -0.39 is 48.0 Å². The molecule has 1 saturated heterocycles. The van der Waals surface area contributed by atoms with Gasteiger partial charge in [-0.2, -0.15) is 12.6 Å². The Morgan fingerprint density at radius 3 is 2.37 bits per heavy atom. The molecule has 0 aliphatic carbocycles. The number of aliphatic hydroxyl groups excluding tert-OH is 4. The summed E-state index contributed by atoms with van der Waals surface area (Å²) >= 11 is 11.0. The van der Waals surface area contributed by atoms with Gasteiger partial charge < -0.3 is 44.9 Å². The second-order valence-corrected chi connectivity index (χ2v) is 12.2. The number of hydrogen-bond acceptors (Lipinski definition) is 12. The van der Waals surface area contributed by atoms with Gasteiger partial charge >= 0.3 is 5.97 Å². The van der Waals surface area contributed by atoms with E-state index in [1.54, 1.807) is 19.1 Å². The fourth-order valence-electron chi connectivity index (χ4n) is 4.07. The minimum atomic E-state index is -1.56. The molecule has 0 radical (unpaired) electrons. The van der Waals surface area contributed by atoms with Crippen molar-refractivity contribution in [3.05, 3.63) is 35.4 Å². The predicted molar refractivity (Wildman–Crippen MR) is 163 cm³/mol. The molecular weight excluding hydrogens is 593 g/mol. The van der Waals surface area contributed by atoms with E-state index in [1.807, 2.05) is 30.9 Å². The molecule has 11 nitrogen and oxygen atoms in total. The normalized spacial score (nSPS) is 23.9. The monoisotopic (exact) mass is 634 g/mol. The Balaban J connectivity index is 2.03. The molecule has 1 aliphatic heterocycles. The maximum atomic E-state index is 13.4. The van der Waals surface area contributed by atoms with Gasteiger partial charge in [-0.1, -0.05) is 36.1 Å². The van der Waals surface area contributed by atoms with E-state index in [0.717, 1.165) is 5.56 Å². The van der Waals surface area contributed by atoms with Crippen molar-refractivity contribution in [3.8, 4) is 0 Å². The Kier molecular flexibility index (Phi) is 15.3. The number of nitrogens with one attached hydrogen (secondary N) is 1. The summed E-state index contributed by atoms with van der Waals surface area (Å²) in [4.78, 5) is 27.5. The van der Waals surface area contributed by atoms with Crippen LogP contribution in [-0.2, 0) is 25.4 Å². The molecule has 1 amide bonds. The Morgan fingerprint density at radius 2 is 1.78 bits per heavy atom. The molecule has 1 aromatic rings. The lowest BCUT2D eigenvalue weighted by atomic mass is 9.99. The molecule has 41 heavy (non-hydrogen) atoms. The molecule has 1 fully saturated rings. The SMILES string of the molecule is CCN(CC)C(=S)SC(C)(CCc1ccc(C(=O)NCCS)cc1)C(=O)OCCOC1O[C@H](CO)[C@@H](O)[C@H](O)[C@H]1O. The van der Waals surface area contributed by atoms with Gasteiger partial charge in [-0.25, -0.2) is 0 Å². The molecule has 2 rings (SSSR count). The van der Waals surface area contributed by atoms with Crippen molar-refractivity contribution in [2.24, 2.45) is 0 Å². The maximum Gasteiger partial charge on any atom is 0.322 e. The van der Waals surface area contributed by atoms with Crippen molar-refractivity contribution in [1.29, 1.82) is 0 Å². The van der Waals surface area contributed by atoms with Crippen LogP contribution < -0.4 is 5.32 Å². The molecule has 0 spiro atoms. The van der Waals surface area contributed by atoms with Crippen LogP contribution in [0.2, 0.25) is 0 Å². The third-order valence-corrected chi connectivity index (χ3v) is 8.70. The predicted octanol–water partition coefficient (Wildman–Crippen LogP) is 0.757. The topological polar surface area (TPSA) is 158 Å². The van der Waals surface area contributed by atoms with Gasteiger partial charge in [0.1, 0.15) is 40.1 Å². The lowest BCUT2D eigenvalue weighted by Gasteiger charge is -2.39. The maximum absolute atomic E-state index is 13.4. The number of ether oxygens (including phenoxy) is 3. The smallest absolute Gasteiger partial charge is 0.322 e. The molecule has 0 saturated carbocycles. The summed E-state index contributed by atoms with van der Waals surface area (Å²) in [6.45, 7) is 6.69. The molecule has 0 bridgehead atoms. The number of nitrogens with zero attached hydrogens (tertiary/aromatic N) is 1. The third kappa shape index (κ3) is 10.3. The highest BCUT2D eigenvalue weighted by atomic mass is 32.2. The minimum absolute atomic E-state index is 0.160. The molecule has 5 N–H and O–H groups in total. The van der Waals surface area contributed by atoms with Gasteiger partial charge in [0.05, 0.1) is 13.2 Å². The molecule has 232 valence electrons. The van der Waals surface area contributed by atoms with Gasteiger partial charge in [0.15, 0.2) is 6.29 Å². The first-order valence-corrected chi connectivity index (χ1v) is 15.4. The molecule has 14 heteroatoms. The van der Waals surface area contributed by atoms with E-state index in [0.29, 0.717) is 48.1 Å². The van der Waals surface area contributed by atoms with E-state index in [9.17, 15) is 30.0 Å². The number of thiol groups is 1. The van der Waals surface area contributed by atoms with Crippen molar-refractivity contribution in [3.63, 3.8) is 0 Å².